The number of sulfonamides is 1. The molecule has 21 heavy (non-hydrogen) atoms. The molecule has 0 unspecified atom stereocenters. The molecule has 0 aliphatic rings. The average molecular weight is 308 g/mol. The molecule has 1 atom stereocenters. The lowest BCUT2D eigenvalue weighted by Gasteiger charge is -2.14. The van der Waals surface area contributed by atoms with Gasteiger partial charge < -0.3 is 5.11 Å². The number of pyridine rings is 1. The van der Waals surface area contributed by atoms with Crippen LogP contribution in [0.1, 0.15) is 18.9 Å². The molecule has 1 aromatic heterocycles. The Hall–Kier alpha value is -1.99. The molecule has 0 fully saturated rings. The van der Waals surface area contributed by atoms with Crippen molar-refractivity contribution >= 4 is 26.9 Å². The minimum atomic E-state index is -3.93. The van der Waals surface area contributed by atoms with Gasteiger partial charge in [0, 0.05) is 11.6 Å². The largest absolute Gasteiger partial charge is 0.480 e. The van der Waals surface area contributed by atoms with Crippen molar-refractivity contribution in [2.45, 2.75) is 31.2 Å². The standard InChI is InChI=1S/C14H16N2O4S/c1-3-11(14(17)18)16-21(19,20)12-7-6-9(2)13-10(12)5-4-8-15-13/h4-8,11,16H,3H2,1-2H3,(H,17,18)/t11-/m1/s1. The van der Waals surface area contributed by atoms with E-state index in [1.165, 1.54) is 6.07 Å². The molecule has 2 rings (SSSR count). The van der Waals surface area contributed by atoms with Crippen molar-refractivity contribution < 1.29 is 18.3 Å². The van der Waals surface area contributed by atoms with Crippen LogP contribution in [0, 0.1) is 6.92 Å². The molecule has 1 heterocycles. The van der Waals surface area contributed by atoms with E-state index in [2.05, 4.69) is 9.71 Å². The number of fused-ring (bicyclic) bond motifs is 1. The second-order valence-electron chi connectivity index (χ2n) is 4.70. The molecular weight excluding hydrogens is 292 g/mol. The first-order valence-corrected chi connectivity index (χ1v) is 7.94. The van der Waals surface area contributed by atoms with Crippen LogP contribution >= 0.6 is 0 Å². The van der Waals surface area contributed by atoms with Crippen molar-refractivity contribution in [3.8, 4) is 0 Å². The summed E-state index contributed by atoms with van der Waals surface area (Å²) in [6, 6.07) is 5.28. The van der Waals surface area contributed by atoms with E-state index in [4.69, 9.17) is 5.11 Å². The van der Waals surface area contributed by atoms with E-state index >= 15 is 0 Å². The number of carboxylic acid groups (broad SMARTS) is 1. The predicted molar refractivity (Wildman–Crippen MR) is 78.5 cm³/mol. The molecule has 6 nitrogen and oxygen atoms in total. The Bertz CT molecular complexity index is 787. The minimum Gasteiger partial charge on any atom is -0.480 e. The maximum atomic E-state index is 12.4. The van der Waals surface area contributed by atoms with Gasteiger partial charge in [0.1, 0.15) is 6.04 Å². The Labute approximate surface area is 122 Å². The number of aromatic nitrogens is 1. The molecule has 112 valence electrons. The van der Waals surface area contributed by atoms with E-state index in [-0.39, 0.29) is 11.3 Å². The molecule has 0 saturated heterocycles. The highest BCUT2D eigenvalue weighted by atomic mass is 32.2. The lowest BCUT2D eigenvalue weighted by Crippen LogP contribution is -2.40. The SMILES string of the molecule is CC[C@@H](NS(=O)(=O)c1ccc(C)c2ncccc12)C(=O)O. The van der Waals surface area contributed by atoms with Crippen molar-refractivity contribution in [2.24, 2.45) is 0 Å². The van der Waals surface area contributed by atoms with Crippen LogP contribution in [0.25, 0.3) is 10.9 Å². The van der Waals surface area contributed by atoms with Gasteiger partial charge in [-0.1, -0.05) is 13.0 Å². The van der Waals surface area contributed by atoms with Crippen LogP contribution in [-0.4, -0.2) is 30.5 Å². The summed E-state index contributed by atoms with van der Waals surface area (Å²) < 4.78 is 27.1. The van der Waals surface area contributed by atoms with Crippen molar-refractivity contribution in [1.82, 2.24) is 9.71 Å². The van der Waals surface area contributed by atoms with Gasteiger partial charge in [-0.3, -0.25) is 9.78 Å². The number of aryl methyl sites for hydroxylation is 1. The highest BCUT2D eigenvalue weighted by molar-refractivity contribution is 7.89. The van der Waals surface area contributed by atoms with E-state index in [1.807, 2.05) is 6.92 Å². The lowest BCUT2D eigenvalue weighted by atomic mass is 10.1. The molecule has 0 bridgehead atoms. The second kappa shape index (κ2) is 5.79. The van der Waals surface area contributed by atoms with E-state index < -0.39 is 22.0 Å². The molecule has 1 aromatic carbocycles. The Morgan fingerprint density at radius 1 is 1.38 bits per heavy atom. The van der Waals surface area contributed by atoms with Crippen molar-refractivity contribution in [3.05, 3.63) is 36.0 Å². The maximum absolute atomic E-state index is 12.4. The highest BCUT2D eigenvalue weighted by Crippen LogP contribution is 2.24. The van der Waals surface area contributed by atoms with E-state index in [1.54, 1.807) is 31.3 Å². The van der Waals surface area contributed by atoms with Gasteiger partial charge in [0.25, 0.3) is 0 Å². The van der Waals surface area contributed by atoms with Crippen molar-refractivity contribution in [1.29, 1.82) is 0 Å². The lowest BCUT2D eigenvalue weighted by molar-refractivity contribution is -0.139. The van der Waals surface area contributed by atoms with Crippen LogP contribution in [0.3, 0.4) is 0 Å². The van der Waals surface area contributed by atoms with Gasteiger partial charge in [-0.2, -0.15) is 4.72 Å². The van der Waals surface area contributed by atoms with E-state index in [9.17, 15) is 13.2 Å². The summed E-state index contributed by atoms with van der Waals surface area (Å²) in [6.07, 6.45) is 1.75. The first kappa shape index (κ1) is 15.4. The molecule has 2 aromatic rings. The Morgan fingerprint density at radius 2 is 2.10 bits per heavy atom. The van der Waals surface area contributed by atoms with Crippen LogP contribution in [0.4, 0.5) is 0 Å². The quantitative estimate of drug-likeness (QED) is 0.876. The summed E-state index contributed by atoms with van der Waals surface area (Å²) in [5, 5.41) is 9.48. The van der Waals surface area contributed by atoms with Crippen LogP contribution in [0.5, 0.6) is 0 Å². The molecule has 0 saturated carbocycles. The number of aliphatic carboxylic acids is 1. The fourth-order valence-electron chi connectivity index (χ4n) is 2.08. The summed E-state index contributed by atoms with van der Waals surface area (Å²) in [4.78, 5) is 15.2. The molecule has 0 radical (unpaired) electrons. The van der Waals surface area contributed by atoms with Crippen molar-refractivity contribution in [2.75, 3.05) is 0 Å². The molecule has 0 aliphatic heterocycles. The van der Waals surface area contributed by atoms with Gasteiger partial charge in [0.2, 0.25) is 10.0 Å². The Balaban J connectivity index is 2.56. The van der Waals surface area contributed by atoms with Gasteiger partial charge in [0.05, 0.1) is 10.4 Å². The van der Waals surface area contributed by atoms with Gasteiger partial charge >= 0.3 is 5.97 Å². The highest BCUT2D eigenvalue weighted by Gasteiger charge is 2.25. The molecule has 0 spiro atoms. The van der Waals surface area contributed by atoms with Gasteiger partial charge in [0.15, 0.2) is 0 Å². The molecule has 0 aliphatic carbocycles. The zero-order chi connectivity index (χ0) is 15.6. The fourth-order valence-corrected chi connectivity index (χ4v) is 3.55. The second-order valence-corrected chi connectivity index (χ2v) is 6.38. The number of rotatable bonds is 5. The zero-order valence-corrected chi connectivity index (χ0v) is 12.5. The first-order chi connectivity index (χ1) is 9.86. The zero-order valence-electron chi connectivity index (χ0n) is 11.7. The molecular formula is C14H16N2O4S. The van der Waals surface area contributed by atoms with Crippen LogP contribution in [-0.2, 0) is 14.8 Å². The predicted octanol–water partition coefficient (Wildman–Crippen LogP) is 1.68. The number of hydrogen-bond donors (Lipinski definition) is 2. The van der Waals surface area contributed by atoms with Gasteiger partial charge in [-0.25, -0.2) is 8.42 Å². The van der Waals surface area contributed by atoms with E-state index in [0.717, 1.165) is 5.56 Å². The summed E-state index contributed by atoms with van der Waals surface area (Å²) in [5.74, 6) is -1.20. The first-order valence-electron chi connectivity index (χ1n) is 6.46. The van der Waals surface area contributed by atoms with Crippen molar-refractivity contribution in [3.63, 3.8) is 0 Å². The third-order valence-electron chi connectivity index (χ3n) is 3.22. The number of nitrogens with zero attached hydrogens (tertiary/aromatic N) is 1. The van der Waals surface area contributed by atoms with E-state index in [0.29, 0.717) is 10.9 Å². The average Bonchev–Trinajstić information content (AvgIpc) is 2.45. The maximum Gasteiger partial charge on any atom is 0.321 e. The Kier molecular flexibility index (Phi) is 4.24. The topological polar surface area (TPSA) is 96.4 Å². The number of carboxylic acids is 1. The fraction of sp³-hybridized carbons (Fsp3) is 0.286. The third-order valence-corrected chi connectivity index (χ3v) is 4.75. The Morgan fingerprint density at radius 3 is 2.71 bits per heavy atom. The normalized spacial score (nSPS) is 13.2. The number of nitrogens with one attached hydrogen (secondary N) is 1. The molecule has 2 N–H and O–H groups in total. The monoisotopic (exact) mass is 308 g/mol. The van der Waals surface area contributed by atoms with Crippen LogP contribution < -0.4 is 4.72 Å². The summed E-state index contributed by atoms with van der Waals surface area (Å²) >= 11 is 0. The number of hydrogen-bond acceptors (Lipinski definition) is 4. The van der Waals surface area contributed by atoms with Crippen LogP contribution in [0.2, 0.25) is 0 Å². The van der Waals surface area contributed by atoms with Crippen LogP contribution in [0.15, 0.2) is 35.4 Å². The molecule has 0 amide bonds. The third kappa shape index (κ3) is 3.03. The summed E-state index contributed by atoms with van der Waals surface area (Å²) in [7, 11) is -3.93. The molecule has 7 heteroatoms. The minimum absolute atomic E-state index is 0.0379. The van der Waals surface area contributed by atoms with Gasteiger partial charge in [-0.15, -0.1) is 0 Å². The number of benzene rings is 1. The number of carbonyl (C=O) groups is 1. The summed E-state index contributed by atoms with van der Waals surface area (Å²) in [6.45, 7) is 3.45. The smallest absolute Gasteiger partial charge is 0.321 e. The van der Waals surface area contributed by atoms with Gasteiger partial charge in [-0.05, 0) is 37.1 Å². The summed E-state index contributed by atoms with van der Waals surface area (Å²) in [5.41, 5.74) is 1.44.